The van der Waals surface area contributed by atoms with E-state index >= 15 is 0 Å². The molecule has 0 saturated heterocycles. The average molecular weight is 1030 g/mol. The van der Waals surface area contributed by atoms with Crippen LogP contribution in [-0.2, 0) is 16.2 Å². The van der Waals surface area contributed by atoms with Crippen molar-refractivity contribution in [3.8, 4) is 11.1 Å². The smallest absolute Gasteiger partial charge is 0.145 e. The highest BCUT2D eigenvalue weighted by molar-refractivity contribution is 6.89. The molecule has 0 N–H and O–H groups in total. The van der Waals surface area contributed by atoms with Crippen LogP contribution < -0.4 is 20.2 Å². The van der Waals surface area contributed by atoms with Crippen LogP contribution >= 0.6 is 0 Å². The molecule has 0 radical (unpaired) electrons. The van der Waals surface area contributed by atoms with E-state index < -0.39 is 21.6 Å². The highest BCUT2D eigenvalue weighted by Crippen LogP contribution is 2.62. The van der Waals surface area contributed by atoms with E-state index in [-0.39, 0.29) is 10.8 Å². The third kappa shape index (κ3) is 8.85. The van der Waals surface area contributed by atoms with E-state index in [0.29, 0.717) is 0 Å². The van der Waals surface area contributed by atoms with Gasteiger partial charge in [-0.25, -0.2) is 0 Å². The minimum absolute atomic E-state index is 0.000856. The number of aryl methyl sites for hydroxylation is 2. The molecule has 9 aromatic carbocycles. The Morgan fingerprint density at radius 3 is 1.29 bits per heavy atom. The molecule has 1 heterocycles. The number of benzene rings is 9. The molecule has 1 aromatic heterocycles. The molecule has 76 heavy (non-hydrogen) atoms. The number of hydrogen-bond donors (Lipinski definition) is 0. The van der Waals surface area contributed by atoms with Gasteiger partial charge < -0.3 is 14.2 Å². The zero-order valence-corrected chi connectivity index (χ0v) is 49.3. The maximum atomic E-state index is 7.41. The lowest BCUT2D eigenvalue weighted by atomic mass is 9.67. The van der Waals surface area contributed by atoms with Crippen molar-refractivity contribution in [1.29, 1.82) is 0 Å². The number of furan rings is 1. The second kappa shape index (κ2) is 18.5. The van der Waals surface area contributed by atoms with Gasteiger partial charge in [0, 0.05) is 39.4 Å². The second-order valence-electron chi connectivity index (χ2n) is 25.7. The van der Waals surface area contributed by atoms with Crippen LogP contribution in [0.15, 0.2) is 199 Å². The number of para-hydroxylation sites is 1. The van der Waals surface area contributed by atoms with Crippen LogP contribution in [0.2, 0.25) is 39.3 Å². The molecule has 0 amide bonds. The molecule has 382 valence electrons. The first-order valence-electron chi connectivity index (χ1n) is 27.3. The lowest BCUT2D eigenvalue weighted by Crippen LogP contribution is -2.37. The fourth-order valence-electron chi connectivity index (χ4n) is 11.7. The molecular weight excluding hydrogens is 953 g/mol. The second-order valence-corrected chi connectivity index (χ2v) is 35.8. The molecule has 0 spiro atoms. The topological polar surface area (TPSA) is 19.6 Å². The number of nitrogens with zero attached hydrogens (tertiary/aromatic N) is 2. The van der Waals surface area contributed by atoms with Gasteiger partial charge >= 0.3 is 0 Å². The molecule has 0 bridgehead atoms. The standard InChI is InChI=1S/C71H74N2OSi2/c1-47-19-23-51(24-20-47)71(52-25-21-48(2)22-26-52)62-45-57(72(53-31-27-49(28-32-53)69(3,4)5)54-35-40-58(41-36-54)75(9,10)11)39-44-60(62)66-63(71)46-64(67-61-17-15-16-18-65(61)74-68(66)67)73(55-33-29-50(30-34-55)70(6,7)8)56-37-42-59(43-38-56)76(12,13)14/h15-46H,1-14H3. The summed E-state index contributed by atoms with van der Waals surface area (Å²) in [4.78, 5) is 4.97. The maximum Gasteiger partial charge on any atom is 0.145 e. The van der Waals surface area contributed by atoms with Crippen molar-refractivity contribution in [2.75, 3.05) is 9.80 Å². The van der Waals surface area contributed by atoms with E-state index in [1.54, 1.807) is 0 Å². The molecule has 5 heteroatoms. The van der Waals surface area contributed by atoms with Crippen molar-refractivity contribution in [3.05, 3.63) is 239 Å². The summed E-state index contributed by atoms with van der Waals surface area (Å²) in [5.74, 6) is 0. The molecule has 11 rings (SSSR count). The minimum atomic E-state index is -1.61. The Morgan fingerprint density at radius 1 is 0.421 bits per heavy atom. The first-order chi connectivity index (χ1) is 36.0. The molecule has 3 nitrogen and oxygen atoms in total. The fourth-order valence-corrected chi connectivity index (χ4v) is 14.0. The quantitative estimate of drug-likeness (QED) is 0.127. The van der Waals surface area contributed by atoms with E-state index in [2.05, 4.69) is 299 Å². The Labute approximate surface area is 454 Å². The zero-order valence-electron chi connectivity index (χ0n) is 47.3. The Bertz CT molecular complexity index is 3600. The van der Waals surface area contributed by atoms with Crippen LogP contribution in [0.5, 0.6) is 0 Å². The van der Waals surface area contributed by atoms with Gasteiger partial charge in [0.2, 0.25) is 0 Å². The SMILES string of the molecule is Cc1ccc(C2(c3ccc(C)cc3)c3cc(N(c4ccc(C(C)(C)C)cc4)c4ccc([Si](C)(C)C)cc4)ccc3-c3c2cc(N(c2ccc(C(C)(C)C)cc2)c2ccc([Si](C)(C)C)cc2)c2c3oc3ccccc32)cc1. The molecule has 0 saturated carbocycles. The summed E-state index contributed by atoms with van der Waals surface area (Å²) in [7, 11) is -3.18. The molecule has 1 aliphatic carbocycles. The van der Waals surface area contributed by atoms with Crippen molar-refractivity contribution in [2.24, 2.45) is 0 Å². The van der Waals surface area contributed by atoms with Gasteiger partial charge in [0.05, 0.1) is 32.6 Å². The summed E-state index contributed by atoms with van der Waals surface area (Å²) >= 11 is 0. The van der Waals surface area contributed by atoms with Crippen molar-refractivity contribution in [3.63, 3.8) is 0 Å². The first kappa shape index (κ1) is 50.9. The lowest BCUT2D eigenvalue weighted by molar-refractivity contribution is 0.590. The average Bonchev–Trinajstić information content (AvgIpc) is 4.15. The molecular formula is C71H74N2OSi2. The lowest BCUT2D eigenvalue weighted by Gasteiger charge is -2.36. The number of hydrogen-bond acceptors (Lipinski definition) is 3. The van der Waals surface area contributed by atoms with Crippen LogP contribution in [-0.4, -0.2) is 16.1 Å². The van der Waals surface area contributed by atoms with Gasteiger partial charge in [-0.1, -0.05) is 224 Å². The van der Waals surface area contributed by atoms with E-state index in [4.69, 9.17) is 4.42 Å². The number of rotatable bonds is 10. The third-order valence-corrected chi connectivity index (χ3v) is 20.3. The largest absolute Gasteiger partial charge is 0.455 e. The molecule has 0 aliphatic heterocycles. The molecule has 1 aliphatic rings. The third-order valence-electron chi connectivity index (χ3n) is 16.1. The van der Waals surface area contributed by atoms with Gasteiger partial charge in [-0.2, -0.15) is 0 Å². The monoisotopic (exact) mass is 1030 g/mol. The fraction of sp³-hybridized carbons (Fsp3) is 0.239. The van der Waals surface area contributed by atoms with E-state index in [1.165, 1.54) is 60.4 Å². The minimum Gasteiger partial charge on any atom is -0.455 e. The van der Waals surface area contributed by atoms with Gasteiger partial charge in [-0.05, 0) is 136 Å². The summed E-state index contributed by atoms with van der Waals surface area (Å²) in [5.41, 5.74) is 19.9. The van der Waals surface area contributed by atoms with Gasteiger partial charge in [0.1, 0.15) is 11.2 Å². The van der Waals surface area contributed by atoms with Crippen LogP contribution in [0.4, 0.5) is 34.1 Å². The van der Waals surface area contributed by atoms with Crippen molar-refractivity contribution < 1.29 is 4.42 Å². The first-order valence-corrected chi connectivity index (χ1v) is 34.3. The Kier molecular flexibility index (Phi) is 12.4. The molecule has 0 unspecified atom stereocenters. The normalized spacial score (nSPS) is 13.5. The number of fused-ring (bicyclic) bond motifs is 7. The van der Waals surface area contributed by atoms with Crippen LogP contribution in [0.3, 0.4) is 0 Å². The van der Waals surface area contributed by atoms with Gasteiger partial charge in [0.25, 0.3) is 0 Å². The predicted octanol–water partition coefficient (Wildman–Crippen LogP) is 19.2. The summed E-state index contributed by atoms with van der Waals surface area (Å²) in [6.07, 6.45) is 0. The molecule has 0 fully saturated rings. The van der Waals surface area contributed by atoms with E-state index in [1.807, 2.05) is 0 Å². The van der Waals surface area contributed by atoms with Crippen LogP contribution in [0.1, 0.15) is 86.1 Å². The van der Waals surface area contributed by atoms with Crippen LogP contribution in [0, 0.1) is 13.8 Å². The summed E-state index contributed by atoms with van der Waals surface area (Å²) in [5, 5.41) is 5.07. The summed E-state index contributed by atoms with van der Waals surface area (Å²) < 4.78 is 7.41. The number of anilines is 6. The Morgan fingerprint density at radius 2 is 0.842 bits per heavy atom. The van der Waals surface area contributed by atoms with Gasteiger partial charge in [0.15, 0.2) is 0 Å². The van der Waals surface area contributed by atoms with Crippen molar-refractivity contribution in [2.45, 2.75) is 111 Å². The van der Waals surface area contributed by atoms with E-state index in [0.717, 1.165) is 61.6 Å². The summed E-state index contributed by atoms with van der Waals surface area (Å²) in [6.45, 7) is 32.7. The highest BCUT2D eigenvalue weighted by Gasteiger charge is 2.49. The summed E-state index contributed by atoms with van der Waals surface area (Å²) in [6, 6.07) is 74.5. The molecule has 0 atom stereocenters. The van der Waals surface area contributed by atoms with Crippen LogP contribution in [0.25, 0.3) is 33.1 Å². The zero-order chi connectivity index (χ0) is 53.7. The highest BCUT2D eigenvalue weighted by atomic mass is 28.3. The van der Waals surface area contributed by atoms with Gasteiger partial charge in [-0.15, -0.1) is 0 Å². The predicted molar refractivity (Wildman–Crippen MR) is 333 cm³/mol. The Balaban J connectivity index is 1.26. The van der Waals surface area contributed by atoms with Gasteiger partial charge in [-0.3, -0.25) is 0 Å². The van der Waals surface area contributed by atoms with Crippen molar-refractivity contribution in [1.82, 2.24) is 0 Å². The Hall–Kier alpha value is -7.19. The molecule has 10 aromatic rings. The van der Waals surface area contributed by atoms with Crippen molar-refractivity contribution >= 4 is 82.6 Å². The maximum absolute atomic E-state index is 7.41. The van der Waals surface area contributed by atoms with E-state index in [9.17, 15) is 0 Å².